The minimum absolute atomic E-state index is 0.108. The van der Waals surface area contributed by atoms with E-state index in [1.54, 1.807) is 79.8 Å². The van der Waals surface area contributed by atoms with Gasteiger partial charge in [-0.3, -0.25) is 9.59 Å². The predicted molar refractivity (Wildman–Crippen MR) is 239 cm³/mol. The number of esters is 1. The Morgan fingerprint density at radius 3 is 1.97 bits per heavy atom. The van der Waals surface area contributed by atoms with Gasteiger partial charge in [0, 0.05) is 44.6 Å². The fourth-order valence-corrected chi connectivity index (χ4v) is 7.80. The number of aliphatic hydroxyl groups is 10. The summed E-state index contributed by atoms with van der Waals surface area (Å²) in [7, 11) is 0. The van der Waals surface area contributed by atoms with Crippen LogP contribution in [0.2, 0.25) is 0 Å². The smallest absolute Gasteiger partial charge is 0.308 e. The highest BCUT2D eigenvalue weighted by Gasteiger charge is 2.50. The molecule has 13 N–H and O–H groups in total. The van der Waals surface area contributed by atoms with Crippen LogP contribution in [0.4, 0.5) is 4.39 Å². The highest BCUT2D eigenvalue weighted by Crippen LogP contribution is 2.38. The number of amides is 1. The van der Waals surface area contributed by atoms with Crippen molar-refractivity contribution in [3.05, 3.63) is 85.1 Å². The van der Waals surface area contributed by atoms with Crippen molar-refractivity contribution < 1.29 is 84.0 Å². The average Bonchev–Trinajstić information content (AvgIpc) is 3.23. The zero-order chi connectivity index (χ0) is 48.8. The average molecular weight is 941 g/mol. The van der Waals surface area contributed by atoms with Crippen molar-refractivity contribution in [2.75, 3.05) is 19.8 Å². The van der Waals surface area contributed by atoms with Crippen LogP contribution < -0.4 is 11.1 Å². The van der Waals surface area contributed by atoms with Crippen molar-refractivity contribution in [3.8, 4) is 0 Å². The maximum atomic E-state index is 13.3. The number of rotatable bonds is 5. The Labute approximate surface area is 385 Å². The molecule has 0 spiro atoms. The number of nitrogens with one attached hydrogen (secondary N) is 1. The Balaban J connectivity index is 1.88. The van der Waals surface area contributed by atoms with E-state index in [-0.39, 0.29) is 51.2 Å². The minimum Gasteiger partial charge on any atom is -0.462 e. The number of halogens is 1. The van der Waals surface area contributed by atoms with E-state index >= 15 is 0 Å². The molecular weight excluding hydrogens is 868 g/mol. The number of aliphatic hydroxyl groups excluding tert-OH is 9. The van der Waals surface area contributed by atoms with E-state index < -0.39 is 142 Å². The molecule has 3 rings (SSSR count). The van der Waals surface area contributed by atoms with E-state index in [4.69, 9.17) is 24.7 Å². The van der Waals surface area contributed by atoms with Crippen LogP contribution >= 0.6 is 0 Å². The molecular formula is C47H73FN2O16. The summed E-state index contributed by atoms with van der Waals surface area (Å²) in [5, 5.41) is 110. The molecule has 19 heteroatoms. The monoisotopic (exact) mass is 940 g/mol. The summed E-state index contributed by atoms with van der Waals surface area (Å²) < 4.78 is 36.2. The zero-order valence-corrected chi connectivity index (χ0v) is 37.7. The minimum atomic E-state index is -2.31. The Morgan fingerprint density at radius 2 is 1.35 bits per heavy atom. The maximum absolute atomic E-state index is 13.3. The fraction of sp³-hybridized carbons (Fsp3) is 0.660. The summed E-state index contributed by atoms with van der Waals surface area (Å²) in [5.74, 6) is -5.50. The van der Waals surface area contributed by atoms with Gasteiger partial charge in [-0.2, -0.15) is 0 Å². The number of hydrogen-bond donors (Lipinski definition) is 12. The van der Waals surface area contributed by atoms with Crippen LogP contribution in [0.5, 0.6) is 0 Å². The first kappa shape index (κ1) is 56.8. The molecule has 0 radical (unpaired) electrons. The van der Waals surface area contributed by atoms with Crippen LogP contribution in [0.1, 0.15) is 71.6 Å². The number of hydrogen-bond acceptors (Lipinski definition) is 17. The summed E-state index contributed by atoms with van der Waals surface area (Å²) in [6.45, 7) is 1.88. The molecule has 3 aliphatic rings. The van der Waals surface area contributed by atoms with Crippen LogP contribution in [-0.4, -0.2) is 174 Å². The third-order valence-electron chi connectivity index (χ3n) is 11.5. The van der Waals surface area contributed by atoms with Crippen molar-refractivity contribution in [3.63, 3.8) is 0 Å². The molecule has 3 heterocycles. The zero-order valence-electron chi connectivity index (χ0n) is 37.7. The van der Waals surface area contributed by atoms with E-state index in [1.165, 1.54) is 6.08 Å². The van der Waals surface area contributed by atoms with Gasteiger partial charge in [0.2, 0.25) is 5.91 Å². The van der Waals surface area contributed by atoms with E-state index in [2.05, 4.69) is 5.32 Å². The van der Waals surface area contributed by atoms with Crippen molar-refractivity contribution in [2.45, 2.75) is 163 Å². The number of ether oxygens (including phenoxy) is 4. The lowest BCUT2D eigenvalue weighted by Crippen LogP contribution is -2.59. The summed E-state index contributed by atoms with van der Waals surface area (Å²) in [6, 6.07) is -1.13. The third-order valence-corrected chi connectivity index (χ3v) is 11.5. The van der Waals surface area contributed by atoms with Gasteiger partial charge in [-0.15, -0.1) is 0 Å². The molecule has 17 atom stereocenters. The number of carbonyl (C=O) groups is 2. The van der Waals surface area contributed by atoms with Gasteiger partial charge >= 0.3 is 5.97 Å². The lowest BCUT2D eigenvalue weighted by atomic mass is 9.82. The topological polar surface area (TPSA) is 311 Å². The van der Waals surface area contributed by atoms with Gasteiger partial charge in [0.1, 0.15) is 18.9 Å². The molecule has 2 fully saturated rings. The number of fused-ring (bicyclic) bond motifs is 2. The standard InChI is InChI=1S/C47H73FN2O16/c1-29-15-13-11-9-7-5-3-4-6-8-10-12-14-16-34(65-46-44(60)43(49)39(58)28-63-46)25-40-42(45(61)50-20-19-48)38(57)27-47(62,66-40)26-33(53)23-37(56)35(54)18-17-31(51)22-32(52)24-41(59)64-30(2)21-36(29)55/h3-16,29-40,42-44,46,51-58,60,62H,17-28,49H2,1-2H3,(H,50,61)/b4-3+,7-5+,8-6+,11-9+,12-10+,15-13+,16-14+/t29-,30-,31?,32?,33?,34?,35+,36-,37?,38-,39+,40-,42?,43-,44+,46-,47?/m0/s1. The van der Waals surface area contributed by atoms with Crippen molar-refractivity contribution in [1.82, 2.24) is 5.32 Å². The fourth-order valence-electron chi connectivity index (χ4n) is 7.80. The maximum Gasteiger partial charge on any atom is 0.308 e. The number of nitrogens with two attached hydrogens (primary N) is 1. The number of alkyl halides is 1. The largest absolute Gasteiger partial charge is 0.462 e. The van der Waals surface area contributed by atoms with E-state index in [0.717, 1.165) is 0 Å². The van der Waals surface area contributed by atoms with Crippen LogP contribution in [-0.2, 0) is 28.5 Å². The first-order valence-corrected chi connectivity index (χ1v) is 22.6. The molecule has 374 valence electrons. The molecule has 1 amide bonds. The molecule has 2 bridgehead atoms. The number of allylic oxidation sites excluding steroid dienone is 12. The second-order valence-electron chi connectivity index (χ2n) is 17.3. The van der Waals surface area contributed by atoms with Crippen molar-refractivity contribution in [1.29, 1.82) is 0 Å². The molecule has 0 aromatic heterocycles. The van der Waals surface area contributed by atoms with Gasteiger partial charge < -0.3 is 81.1 Å². The Morgan fingerprint density at radius 1 is 0.742 bits per heavy atom. The van der Waals surface area contributed by atoms with Gasteiger partial charge in [0.25, 0.3) is 0 Å². The Hall–Kier alpha value is -3.51. The molecule has 18 nitrogen and oxygen atoms in total. The van der Waals surface area contributed by atoms with Crippen molar-refractivity contribution >= 4 is 11.9 Å². The molecule has 0 aliphatic carbocycles. The summed E-state index contributed by atoms with van der Waals surface area (Å²) >= 11 is 0. The summed E-state index contributed by atoms with van der Waals surface area (Å²) in [5.41, 5.74) is 5.96. The van der Waals surface area contributed by atoms with Gasteiger partial charge in [0.05, 0.1) is 86.0 Å². The quantitative estimate of drug-likeness (QED) is 0.163. The lowest BCUT2D eigenvalue weighted by molar-refractivity contribution is -0.304. The van der Waals surface area contributed by atoms with E-state index in [1.807, 2.05) is 13.0 Å². The second-order valence-corrected chi connectivity index (χ2v) is 17.3. The summed E-state index contributed by atoms with van der Waals surface area (Å²) in [6.07, 6.45) is 4.86. The van der Waals surface area contributed by atoms with Crippen LogP contribution in [0.25, 0.3) is 0 Å². The van der Waals surface area contributed by atoms with Crippen LogP contribution in [0.15, 0.2) is 85.1 Å². The van der Waals surface area contributed by atoms with Gasteiger partial charge in [-0.05, 0) is 26.2 Å². The highest BCUT2D eigenvalue weighted by atomic mass is 19.1. The molecule has 0 saturated carbocycles. The van der Waals surface area contributed by atoms with Gasteiger partial charge in [0.15, 0.2) is 12.1 Å². The lowest BCUT2D eigenvalue weighted by Gasteiger charge is -2.45. The molecule has 2 saturated heterocycles. The number of cyclic esters (lactones) is 1. The molecule has 0 aromatic rings. The Bertz CT molecular complexity index is 1660. The molecule has 7 unspecified atom stereocenters. The van der Waals surface area contributed by atoms with Crippen LogP contribution in [0.3, 0.4) is 0 Å². The normalized spacial score (nSPS) is 42.7. The molecule has 0 aromatic carbocycles. The first-order chi connectivity index (χ1) is 31.3. The van der Waals surface area contributed by atoms with E-state index in [0.29, 0.717) is 0 Å². The molecule has 3 aliphatic heterocycles. The van der Waals surface area contributed by atoms with Gasteiger partial charge in [-0.1, -0.05) is 92.0 Å². The van der Waals surface area contributed by atoms with Gasteiger partial charge in [-0.25, -0.2) is 4.39 Å². The predicted octanol–water partition coefficient (Wildman–Crippen LogP) is 0.0783. The Kier molecular flexibility index (Phi) is 25.3. The van der Waals surface area contributed by atoms with Crippen LogP contribution in [0, 0.1) is 11.8 Å². The third kappa shape index (κ3) is 20.4. The highest BCUT2D eigenvalue weighted by molar-refractivity contribution is 5.80. The number of carbonyl (C=O) groups excluding carboxylic acids is 2. The van der Waals surface area contributed by atoms with Crippen molar-refractivity contribution in [2.24, 2.45) is 17.6 Å². The second kappa shape index (κ2) is 29.4. The van der Waals surface area contributed by atoms with E-state index in [9.17, 15) is 65.0 Å². The first-order valence-electron chi connectivity index (χ1n) is 22.6. The molecule has 66 heavy (non-hydrogen) atoms. The summed E-state index contributed by atoms with van der Waals surface area (Å²) in [4.78, 5) is 25.8. The SMILES string of the molecule is C[C@H]1C[C@H](O)[C@@H](C)/C=C/C=C/C=C/C=C/C=C/C=C/C=C/C(O[C@@H]2OC[C@@H](O)[C@H](N)[C@H]2O)C[C@@H]2OC(O)(CC(O)CC(O)[C@H](O)CCC(O)CC(O)CC(=O)O1)C[C@H](O)C2C(=O)NCCF.